The quantitative estimate of drug-likeness (QED) is 0.175. The average Bonchev–Trinajstić information content (AvgIpc) is 3.33. The molecule has 0 saturated carbocycles. The van der Waals surface area contributed by atoms with E-state index in [0.717, 1.165) is 95.9 Å². The summed E-state index contributed by atoms with van der Waals surface area (Å²) in [6, 6.07) is 8.16. The first-order chi connectivity index (χ1) is 15.3. The number of ether oxygens (including phenoxy) is 4. The van der Waals surface area contributed by atoms with Crippen molar-refractivity contribution in [2.24, 2.45) is 10.9 Å². The van der Waals surface area contributed by atoms with Gasteiger partial charge in [0.1, 0.15) is 12.4 Å². The van der Waals surface area contributed by atoms with Gasteiger partial charge in [0, 0.05) is 64.5 Å². The van der Waals surface area contributed by atoms with E-state index in [-0.39, 0.29) is 24.0 Å². The van der Waals surface area contributed by atoms with Gasteiger partial charge in [-0.25, -0.2) is 0 Å². The van der Waals surface area contributed by atoms with Crippen LogP contribution in [0.1, 0.15) is 18.4 Å². The van der Waals surface area contributed by atoms with E-state index < -0.39 is 0 Å². The lowest BCUT2D eigenvalue weighted by atomic mass is 10.1. The highest BCUT2D eigenvalue weighted by Gasteiger charge is 2.15. The maximum absolute atomic E-state index is 6.07. The van der Waals surface area contributed by atoms with Crippen LogP contribution >= 0.6 is 24.0 Å². The van der Waals surface area contributed by atoms with E-state index in [1.54, 1.807) is 7.05 Å². The molecule has 0 amide bonds. The second-order valence-corrected chi connectivity index (χ2v) is 7.92. The molecule has 1 atom stereocenters. The summed E-state index contributed by atoms with van der Waals surface area (Å²) in [5.41, 5.74) is 1.12. The third-order valence-electron chi connectivity index (χ3n) is 5.55. The fourth-order valence-electron chi connectivity index (χ4n) is 3.65. The number of nitrogens with one attached hydrogen (secondary N) is 2. The van der Waals surface area contributed by atoms with E-state index in [0.29, 0.717) is 19.1 Å². The number of hydrogen-bond acceptors (Lipinski definition) is 6. The molecular weight excluding hydrogens is 523 g/mol. The maximum atomic E-state index is 6.07. The fourth-order valence-corrected chi connectivity index (χ4v) is 3.65. The van der Waals surface area contributed by atoms with Crippen LogP contribution in [0.15, 0.2) is 29.3 Å². The van der Waals surface area contributed by atoms with Crippen molar-refractivity contribution in [1.29, 1.82) is 0 Å². The molecule has 0 spiro atoms. The molecule has 2 heterocycles. The molecule has 0 aromatic heterocycles. The molecule has 8 nitrogen and oxygen atoms in total. The number of hydrogen-bond donors (Lipinski definition) is 2. The summed E-state index contributed by atoms with van der Waals surface area (Å²) in [5, 5.41) is 6.72. The highest BCUT2D eigenvalue weighted by Crippen LogP contribution is 2.17. The minimum Gasteiger partial charge on any atom is -0.492 e. The van der Waals surface area contributed by atoms with E-state index >= 15 is 0 Å². The van der Waals surface area contributed by atoms with Gasteiger partial charge >= 0.3 is 0 Å². The predicted octanol–water partition coefficient (Wildman–Crippen LogP) is 2.12. The van der Waals surface area contributed by atoms with Crippen LogP contribution < -0.4 is 15.4 Å². The minimum absolute atomic E-state index is 0. The molecule has 32 heavy (non-hydrogen) atoms. The van der Waals surface area contributed by atoms with Crippen LogP contribution in [-0.2, 0) is 20.8 Å². The summed E-state index contributed by atoms with van der Waals surface area (Å²) < 4.78 is 22.6. The molecule has 9 heteroatoms. The van der Waals surface area contributed by atoms with Gasteiger partial charge in [0.15, 0.2) is 5.96 Å². The lowest BCUT2D eigenvalue weighted by Gasteiger charge is -2.26. The first-order valence-corrected chi connectivity index (χ1v) is 11.5. The van der Waals surface area contributed by atoms with Crippen molar-refractivity contribution in [2.45, 2.75) is 19.4 Å². The second-order valence-electron chi connectivity index (χ2n) is 7.92. The molecular formula is C23H39IN4O4. The Balaban J connectivity index is 0.00000363. The molecule has 0 aliphatic carbocycles. The van der Waals surface area contributed by atoms with Crippen molar-refractivity contribution < 1.29 is 18.9 Å². The zero-order valence-corrected chi connectivity index (χ0v) is 21.6. The number of nitrogens with zero attached hydrogens (tertiary/aromatic N) is 2. The summed E-state index contributed by atoms with van der Waals surface area (Å²) >= 11 is 0. The van der Waals surface area contributed by atoms with Crippen LogP contribution in [-0.4, -0.2) is 90.3 Å². The van der Waals surface area contributed by atoms with Gasteiger partial charge in [0.2, 0.25) is 0 Å². The molecule has 3 rings (SSSR count). The monoisotopic (exact) mass is 562 g/mol. The molecule has 1 aromatic rings. The van der Waals surface area contributed by atoms with Crippen LogP contribution in [0.4, 0.5) is 0 Å². The van der Waals surface area contributed by atoms with E-state index in [9.17, 15) is 0 Å². The van der Waals surface area contributed by atoms with Crippen molar-refractivity contribution in [3.05, 3.63) is 29.8 Å². The molecule has 2 N–H and O–H groups in total. The molecule has 2 fully saturated rings. The van der Waals surface area contributed by atoms with Gasteiger partial charge < -0.3 is 29.6 Å². The van der Waals surface area contributed by atoms with Crippen LogP contribution in [0, 0.1) is 5.92 Å². The SMILES string of the molecule is CN=C(NCCCOCC1CCOC1)NCc1ccccc1OCCN1CCOCC1.I. The van der Waals surface area contributed by atoms with Crippen molar-refractivity contribution >= 4 is 29.9 Å². The molecule has 0 radical (unpaired) electrons. The Morgan fingerprint density at radius 2 is 1.97 bits per heavy atom. The zero-order valence-electron chi connectivity index (χ0n) is 19.2. The topological polar surface area (TPSA) is 76.6 Å². The van der Waals surface area contributed by atoms with Gasteiger partial charge in [-0.1, -0.05) is 18.2 Å². The van der Waals surface area contributed by atoms with E-state index in [1.807, 2.05) is 18.2 Å². The van der Waals surface area contributed by atoms with Gasteiger partial charge in [-0.15, -0.1) is 24.0 Å². The Kier molecular flexibility index (Phi) is 14.0. The van der Waals surface area contributed by atoms with E-state index in [1.165, 1.54) is 0 Å². The van der Waals surface area contributed by atoms with Crippen molar-refractivity contribution in [2.75, 3.05) is 79.5 Å². The Morgan fingerprint density at radius 1 is 1.12 bits per heavy atom. The summed E-state index contributed by atoms with van der Waals surface area (Å²) in [5.74, 6) is 2.27. The second kappa shape index (κ2) is 16.5. The lowest BCUT2D eigenvalue weighted by molar-refractivity contribution is 0.0322. The van der Waals surface area contributed by atoms with Gasteiger partial charge in [-0.05, 0) is 18.9 Å². The number of rotatable bonds is 12. The smallest absolute Gasteiger partial charge is 0.191 e. The molecule has 2 aliphatic rings. The summed E-state index contributed by atoms with van der Waals surface area (Å²) in [7, 11) is 1.79. The van der Waals surface area contributed by atoms with Crippen molar-refractivity contribution in [3.8, 4) is 5.75 Å². The molecule has 1 unspecified atom stereocenters. The molecule has 1 aromatic carbocycles. The molecule has 182 valence electrons. The van der Waals surface area contributed by atoms with Gasteiger partial charge in [0.05, 0.1) is 26.4 Å². The summed E-state index contributed by atoms with van der Waals surface area (Å²) in [4.78, 5) is 6.69. The van der Waals surface area contributed by atoms with E-state index in [2.05, 4.69) is 26.6 Å². The van der Waals surface area contributed by atoms with E-state index in [4.69, 9.17) is 18.9 Å². The van der Waals surface area contributed by atoms with Crippen LogP contribution in [0.3, 0.4) is 0 Å². The Bertz CT molecular complexity index is 653. The van der Waals surface area contributed by atoms with Crippen molar-refractivity contribution in [1.82, 2.24) is 15.5 Å². The van der Waals surface area contributed by atoms with Gasteiger partial charge in [-0.2, -0.15) is 0 Å². The third-order valence-corrected chi connectivity index (χ3v) is 5.55. The number of guanidine groups is 1. The third kappa shape index (κ3) is 10.2. The zero-order chi connectivity index (χ0) is 21.6. The first kappa shape index (κ1) is 27.1. The molecule has 2 aliphatic heterocycles. The van der Waals surface area contributed by atoms with Crippen LogP contribution in [0.2, 0.25) is 0 Å². The van der Waals surface area contributed by atoms with Crippen LogP contribution in [0.25, 0.3) is 0 Å². The largest absolute Gasteiger partial charge is 0.492 e. The summed E-state index contributed by atoms with van der Waals surface area (Å²) in [6.45, 7) is 9.93. The molecule has 2 saturated heterocycles. The van der Waals surface area contributed by atoms with Crippen molar-refractivity contribution in [3.63, 3.8) is 0 Å². The Morgan fingerprint density at radius 3 is 2.75 bits per heavy atom. The van der Waals surface area contributed by atoms with Crippen LogP contribution in [0.5, 0.6) is 5.75 Å². The van der Waals surface area contributed by atoms with Gasteiger partial charge in [0.25, 0.3) is 0 Å². The fraction of sp³-hybridized carbons (Fsp3) is 0.696. The first-order valence-electron chi connectivity index (χ1n) is 11.5. The average molecular weight is 562 g/mol. The predicted molar refractivity (Wildman–Crippen MR) is 137 cm³/mol. The Hall–Kier alpha value is -1.14. The Labute approximate surface area is 209 Å². The number of para-hydroxylation sites is 1. The minimum atomic E-state index is 0. The lowest BCUT2D eigenvalue weighted by Crippen LogP contribution is -2.39. The van der Waals surface area contributed by atoms with Gasteiger partial charge in [-0.3, -0.25) is 9.89 Å². The highest BCUT2D eigenvalue weighted by atomic mass is 127. The molecule has 0 bridgehead atoms. The number of aliphatic imine (C=N–C) groups is 1. The highest BCUT2D eigenvalue weighted by molar-refractivity contribution is 14.0. The number of halogens is 1. The standard InChI is InChI=1S/C23H38N4O4.HI/c1-24-23(25-8-4-12-29-18-20-7-13-30-19-20)26-17-21-5-2-3-6-22(21)31-16-11-27-9-14-28-15-10-27;/h2-3,5-6,20H,4,7-19H2,1H3,(H2,24,25,26);1H. The maximum Gasteiger partial charge on any atom is 0.191 e. The summed E-state index contributed by atoms with van der Waals surface area (Å²) in [6.07, 6.45) is 2.06. The number of benzene rings is 1. The normalized spacial score (nSPS) is 19.4. The number of morpholine rings is 1.